The Kier molecular flexibility index (Phi) is 3.24. The summed E-state index contributed by atoms with van der Waals surface area (Å²) < 4.78 is 69.2. The molecule has 16 heavy (non-hydrogen) atoms. The molecule has 1 aromatic carbocycles. The van der Waals surface area contributed by atoms with Crippen molar-refractivity contribution in [1.29, 1.82) is 0 Å². The molecule has 1 rings (SSSR count). The zero-order valence-electron chi connectivity index (χ0n) is 7.55. The van der Waals surface area contributed by atoms with E-state index in [9.17, 15) is 26.0 Å². The number of alkyl halides is 3. The molecule has 0 amide bonds. The lowest BCUT2D eigenvalue weighted by molar-refractivity contribution is -0.0420. The summed E-state index contributed by atoms with van der Waals surface area (Å²) in [6.07, 6.45) is 0. The predicted molar refractivity (Wildman–Crippen MR) is 48.3 cm³/mol. The molecule has 0 unspecified atom stereocenters. The minimum absolute atomic E-state index is 0.146. The molecule has 0 aliphatic heterocycles. The lowest BCUT2D eigenvalue weighted by Crippen LogP contribution is -2.20. The van der Waals surface area contributed by atoms with Crippen molar-refractivity contribution in [2.75, 3.05) is 0 Å². The second-order valence-electron chi connectivity index (χ2n) is 2.69. The summed E-state index contributed by atoms with van der Waals surface area (Å²) >= 11 is 0. The van der Waals surface area contributed by atoms with Crippen LogP contribution >= 0.6 is 0 Å². The molecule has 0 atom stereocenters. The highest BCUT2D eigenvalue weighted by molar-refractivity contribution is 7.96. The summed E-state index contributed by atoms with van der Waals surface area (Å²) in [5, 5.41) is 1.07. The van der Waals surface area contributed by atoms with Crippen LogP contribution in [0.3, 0.4) is 0 Å². The van der Waals surface area contributed by atoms with Gasteiger partial charge in [-0.1, -0.05) is 6.07 Å². The minimum Gasteiger partial charge on any atom is -0.207 e. The van der Waals surface area contributed by atoms with E-state index in [-0.39, 0.29) is 5.56 Å². The Balaban J connectivity index is 3.09. The summed E-state index contributed by atoms with van der Waals surface area (Å²) in [5.41, 5.74) is -5.57. The maximum atomic E-state index is 12.6. The number of hydrogen-bond donors (Lipinski definition) is 0. The third-order valence-corrected chi connectivity index (χ3v) is 2.44. The zero-order chi connectivity index (χ0) is 12.4. The maximum absolute atomic E-state index is 12.6. The number of sulfone groups is 1. The predicted octanol–water partition coefficient (Wildman–Crippen LogP) is 2.07. The lowest BCUT2D eigenvalue weighted by Gasteiger charge is -1.99. The Morgan fingerprint density at radius 3 is 2.31 bits per heavy atom. The summed E-state index contributed by atoms with van der Waals surface area (Å²) in [6, 6.07) is 4.30. The third-order valence-electron chi connectivity index (χ3n) is 1.46. The fourth-order valence-corrected chi connectivity index (χ4v) is 1.12. The second kappa shape index (κ2) is 4.14. The van der Waals surface area contributed by atoms with Crippen LogP contribution in [0, 0.1) is 17.0 Å². The van der Waals surface area contributed by atoms with Crippen LogP contribution < -0.4 is 0 Å². The summed E-state index contributed by atoms with van der Waals surface area (Å²) in [4.78, 5) is 0. The molecular weight excluding hydrogens is 248 g/mol. The average Bonchev–Trinajstić information content (AvgIpc) is 2.13. The van der Waals surface area contributed by atoms with Crippen LogP contribution in [0.5, 0.6) is 0 Å². The van der Waals surface area contributed by atoms with Gasteiger partial charge in [-0.15, -0.1) is 0 Å². The average molecular weight is 252 g/mol. The minimum atomic E-state index is -5.49. The first-order valence-corrected chi connectivity index (χ1v) is 5.30. The molecule has 1 aromatic rings. The first kappa shape index (κ1) is 12.5. The van der Waals surface area contributed by atoms with Crippen LogP contribution in [0.25, 0.3) is 0 Å². The van der Waals surface area contributed by atoms with Crippen LogP contribution in [0.1, 0.15) is 5.56 Å². The van der Waals surface area contributed by atoms with Gasteiger partial charge < -0.3 is 0 Å². The van der Waals surface area contributed by atoms with Crippen molar-refractivity contribution in [3.63, 3.8) is 0 Å². The normalized spacial score (nSPS) is 11.8. The third kappa shape index (κ3) is 2.97. The van der Waals surface area contributed by atoms with Gasteiger partial charge in [0.1, 0.15) is 5.82 Å². The molecule has 0 saturated carbocycles. The van der Waals surface area contributed by atoms with Gasteiger partial charge in [0.2, 0.25) is 0 Å². The van der Waals surface area contributed by atoms with Crippen LogP contribution in [0.2, 0.25) is 0 Å². The molecule has 7 heteroatoms. The Morgan fingerprint density at radius 1 is 1.19 bits per heavy atom. The molecule has 0 aliphatic rings. The van der Waals surface area contributed by atoms with Gasteiger partial charge in [-0.25, -0.2) is 12.8 Å². The molecule has 2 nitrogen and oxygen atoms in total. The Labute approximate surface area is 88.8 Å². The van der Waals surface area contributed by atoms with Gasteiger partial charge in [0.05, 0.1) is 0 Å². The number of benzene rings is 1. The Hall–Kier alpha value is -1.55. The number of halogens is 4. The van der Waals surface area contributed by atoms with Crippen molar-refractivity contribution in [3.8, 4) is 11.2 Å². The molecule has 0 aromatic heterocycles. The number of rotatable bonds is 0. The first-order chi connectivity index (χ1) is 7.22. The van der Waals surface area contributed by atoms with Crippen molar-refractivity contribution in [2.24, 2.45) is 0 Å². The smallest absolute Gasteiger partial charge is 0.207 e. The number of hydrogen-bond acceptors (Lipinski definition) is 2. The van der Waals surface area contributed by atoms with Crippen LogP contribution in [0.4, 0.5) is 17.6 Å². The van der Waals surface area contributed by atoms with Crippen molar-refractivity contribution in [3.05, 3.63) is 35.6 Å². The molecular formula is C9H4F4O2S. The molecule has 86 valence electrons. The van der Waals surface area contributed by atoms with Crippen LogP contribution in [0.15, 0.2) is 24.3 Å². The van der Waals surface area contributed by atoms with E-state index < -0.39 is 21.2 Å². The Morgan fingerprint density at radius 2 is 1.81 bits per heavy atom. The van der Waals surface area contributed by atoms with E-state index in [0.717, 1.165) is 17.4 Å². The molecule has 0 bridgehead atoms. The molecule has 0 spiro atoms. The fraction of sp³-hybridized carbons (Fsp3) is 0.111. The van der Waals surface area contributed by atoms with Gasteiger partial charge in [-0.2, -0.15) is 13.2 Å². The summed E-state index contributed by atoms with van der Waals surface area (Å²) in [7, 11) is -5.49. The fourth-order valence-electron chi connectivity index (χ4n) is 0.750. The highest BCUT2D eigenvalue weighted by Gasteiger charge is 2.44. The molecule has 0 heterocycles. The summed E-state index contributed by atoms with van der Waals surface area (Å²) in [5.74, 6) is 1.02. The molecule has 0 N–H and O–H groups in total. The Bertz CT molecular complexity index is 549. The van der Waals surface area contributed by atoms with E-state index in [1.54, 1.807) is 5.92 Å². The maximum Gasteiger partial charge on any atom is 0.509 e. The SMILES string of the molecule is O=S(=O)(C#Cc1cccc(F)c1)C(F)(F)F. The highest BCUT2D eigenvalue weighted by atomic mass is 32.2. The van der Waals surface area contributed by atoms with Gasteiger partial charge in [0.25, 0.3) is 0 Å². The van der Waals surface area contributed by atoms with E-state index in [1.165, 1.54) is 12.1 Å². The van der Waals surface area contributed by atoms with Gasteiger partial charge in [-0.3, -0.25) is 0 Å². The molecule has 0 saturated heterocycles. The van der Waals surface area contributed by atoms with Crippen LogP contribution in [-0.4, -0.2) is 13.9 Å². The molecule has 0 fully saturated rings. The lowest BCUT2D eigenvalue weighted by atomic mass is 10.2. The van der Waals surface area contributed by atoms with E-state index in [2.05, 4.69) is 0 Å². The molecule has 0 radical (unpaired) electrons. The van der Waals surface area contributed by atoms with E-state index in [0.29, 0.717) is 0 Å². The van der Waals surface area contributed by atoms with E-state index in [4.69, 9.17) is 0 Å². The van der Waals surface area contributed by atoms with Gasteiger partial charge in [-0.05, 0) is 24.1 Å². The highest BCUT2D eigenvalue weighted by Crippen LogP contribution is 2.22. The van der Waals surface area contributed by atoms with Crippen LogP contribution in [-0.2, 0) is 9.84 Å². The first-order valence-electron chi connectivity index (χ1n) is 3.82. The second-order valence-corrected chi connectivity index (χ2v) is 4.36. The monoisotopic (exact) mass is 252 g/mol. The van der Waals surface area contributed by atoms with Gasteiger partial charge in [0, 0.05) is 10.8 Å². The standard InChI is InChI=1S/C9H4F4O2S/c10-8-3-1-2-7(6-8)4-5-16(14,15)9(11,12)13/h1-3,6H. The quantitative estimate of drug-likeness (QED) is 0.523. The zero-order valence-corrected chi connectivity index (χ0v) is 8.36. The largest absolute Gasteiger partial charge is 0.509 e. The van der Waals surface area contributed by atoms with Crippen molar-refractivity contribution >= 4 is 9.84 Å². The van der Waals surface area contributed by atoms with E-state index >= 15 is 0 Å². The van der Waals surface area contributed by atoms with Gasteiger partial charge in [0.15, 0.2) is 0 Å². The molecule has 0 aliphatic carbocycles. The van der Waals surface area contributed by atoms with Crippen molar-refractivity contribution < 1.29 is 26.0 Å². The van der Waals surface area contributed by atoms with Crippen molar-refractivity contribution in [1.82, 2.24) is 0 Å². The van der Waals surface area contributed by atoms with Crippen molar-refractivity contribution in [2.45, 2.75) is 5.51 Å². The summed E-state index contributed by atoms with van der Waals surface area (Å²) in [6.45, 7) is 0. The topological polar surface area (TPSA) is 34.1 Å². The van der Waals surface area contributed by atoms with E-state index in [1.807, 2.05) is 0 Å². The van der Waals surface area contributed by atoms with Gasteiger partial charge >= 0.3 is 15.3 Å².